The minimum Gasteiger partial charge on any atom is -0.506 e. The zero-order chi connectivity index (χ0) is 17.4. The molecule has 23 heavy (non-hydrogen) atoms. The summed E-state index contributed by atoms with van der Waals surface area (Å²) >= 11 is 5.98. The molecule has 0 bridgehead atoms. The average molecular weight is 332 g/mol. The van der Waals surface area contributed by atoms with E-state index in [-0.39, 0.29) is 11.2 Å². The highest BCUT2D eigenvalue weighted by atomic mass is 35.5. The smallest absolute Gasteiger partial charge is 0.142 e. The molecular weight excluding hydrogens is 310 g/mol. The fourth-order valence-electron chi connectivity index (χ4n) is 2.21. The molecule has 0 aliphatic heterocycles. The normalized spacial score (nSPS) is 14.1. The van der Waals surface area contributed by atoms with Gasteiger partial charge in [-0.05, 0) is 37.5 Å². The van der Waals surface area contributed by atoms with Gasteiger partial charge in [0.15, 0.2) is 0 Å². The Morgan fingerprint density at radius 1 is 1.22 bits per heavy atom. The Morgan fingerprint density at radius 2 is 1.83 bits per heavy atom. The van der Waals surface area contributed by atoms with Crippen LogP contribution in [0.4, 0.5) is 0 Å². The first kappa shape index (κ1) is 17.3. The van der Waals surface area contributed by atoms with Crippen LogP contribution in [0, 0.1) is 5.41 Å². The Bertz CT molecular complexity index is 822. The van der Waals surface area contributed by atoms with Crippen molar-refractivity contribution in [2.75, 3.05) is 0 Å². The van der Waals surface area contributed by atoms with Gasteiger partial charge in [0.2, 0.25) is 0 Å². The van der Waals surface area contributed by atoms with Gasteiger partial charge in [-0.25, -0.2) is 0 Å². The van der Waals surface area contributed by atoms with Crippen molar-refractivity contribution in [1.29, 1.82) is 0 Å². The van der Waals surface area contributed by atoms with E-state index in [9.17, 15) is 5.11 Å². The van der Waals surface area contributed by atoms with Gasteiger partial charge in [-0.1, -0.05) is 50.6 Å². The molecule has 0 saturated carbocycles. The van der Waals surface area contributed by atoms with Gasteiger partial charge in [0.25, 0.3) is 0 Å². The lowest BCUT2D eigenvalue weighted by molar-refractivity contribution is 0.376. The maximum atomic E-state index is 10.7. The Hall–Kier alpha value is -2.07. The van der Waals surface area contributed by atoms with Crippen LogP contribution in [0.2, 0.25) is 5.02 Å². The Balaban J connectivity index is 2.58. The van der Waals surface area contributed by atoms with Crippen molar-refractivity contribution in [3.63, 3.8) is 0 Å². The van der Waals surface area contributed by atoms with Crippen molar-refractivity contribution in [3.05, 3.63) is 52.8 Å². The third kappa shape index (κ3) is 3.82. The Morgan fingerprint density at radius 3 is 2.39 bits per heavy atom. The second kappa shape index (κ2) is 6.20. The number of fused-ring (bicyclic) bond motifs is 1. The summed E-state index contributed by atoms with van der Waals surface area (Å²) in [5, 5.41) is 20.1. The van der Waals surface area contributed by atoms with Crippen LogP contribution in [0.25, 0.3) is 16.7 Å². The van der Waals surface area contributed by atoms with Crippen LogP contribution in [-0.4, -0.2) is 20.1 Å². The molecule has 0 saturated heterocycles. The summed E-state index contributed by atoms with van der Waals surface area (Å²) in [7, 11) is 0. The fourth-order valence-corrected chi connectivity index (χ4v) is 2.38. The maximum absolute atomic E-state index is 10.7. The van der Waals surface area contributed by atoms with E-state index in [1.165, 1.54) is 4.80 Å². The number of nitrogens with zero attached hydrogens (tertiary/aromatic N) is 3. The zero-order valence-corrected chi connectivity index (χ0v) is 14.9. The van der Waals surface area contributed by atoms with E-state index in [0.29, 0.717) is 16.2 Å². The van der Waals surface area contributed by atoms with Gasteiger partial charge in [0.05, 0.1) is 0 Å². The summed E-state index contributed by atoms with van der Waals surface area (Å²) in [4.78, 5) is 1.44. The van der Waals surface area contributed by atoms with Gasteiger partial charge >= 0.3 is 0 Å². The molecule has 0 unspecified atom stereocenters. The number of benzene rings is 1. The van der Waals surface area contributed by atoms with Crippen LogP contribution in [0.3, 0.4) is 0 Å². The predicted molar refractivity (Wildman–Crippen MR) is 96.4 cm³/mol. The first-order valence-electron chi connectivity index (χ1n) is 7.40. The minimum atomic E-state index is -0.236. The molecule has 1 aromatic carbocycles. The van der Waals surface area contributed by atoms with Crippen LogP contribution in [-0.2, 0) is 0 Å². The highest BCUT2D eigenvalue weighted by Gasteiger charge is 2.23. The quantitative estimate of drug-likeness (QED) is 0.606. The molecule has 5 heteroatoms. The molecular formula is C18H22ClN3O. The van der Waals surface area contributed by atoms with E-state index in [1.54, 1.807) is 25.1 Å². The number of aliphatic hydroxyl groups is 1. The highest BCUT2D eigenvalue weighted by Crippen LogP contribution is 2.33. The second-order valence-corrected chi connectivity index (χ2v) is 7.15. The standard InChI is InChI=1S/C18H22ClN3O/c1-11(2)9-14(18(4,5)6)17(23)12(3)22-20-15-8-7-13(19)10-16(15)21-22/h7-10,23H,1H2,2-6H3/b14-9+,17-12-. The lowest BCUT2D eigenvalue weighted by Crippen LogP contribution is -2.14. The van der Waals surface area contributed by atoms with Crippen LogP contribution in [0.15, 0.2) is 47.8 Å². The van der Waals surface area contributed by atoms with E-state index < -0.39 is 0 Å². The molecule has 0 spiro atoms. The summed E-state index contributed by atoms with van der Waals surface area (Å²) < 4.78 is 0. The molecule has 0 amide bonds. The van der Waals surface area contributed by atoms with Crippen LogP contribution >= 0.6 is 11.6 Å². The van der Waals surface area contributed by atoms with Crippen LogP contribution in [0.5, 0.6) is 0 Å². The molecule has 4 nitrogen and oxygen atoms in total. The fraction of sp³-hybridized carbons (Fsp3) is 0.333. The number of aromatic nitrogens is 3. The van der Waals surface area contributed by atoms with E-state index in [2.05, 4.69) is 16.8 Å². The van der Waals surface area contributed by atoms with Gasteiger partial charge in [0.1, 0.15) is 22.5 Å². The van der Waals surface area contributed by atoms with Crippen LogP contribution < -0.4 is 0 Å². The van der Waals surface area contributed by atoms with Gasteiger partial charge < -0.3 is 5.11 Å². The SMILES string of the molecule is C=C(C)/C=C(\C(O)=C(/C)n1nc2ccc(Cl)cc2n1)C(C)(C)C. The number of aliphatic hydroxyl groups excluding tert-OH is 1. The summed E-state index contributed by atoms with van der Waals surface area (Å²) in [5.74, 6) is 0.159. The summed E-state index contributed by atoms with van der Waals surface area (Å²) in [6, 6.07) is 5.32. The molecule has 122 valence electrons. The van der Waals surface area contributed by atoms with Gasteiger partial charge in [-0.2, -0.15) is 4.80 Å². The first-order valence-corrected chi connectivity index (χ1v) is 7.78. The first-order chi connectivity index (χ1) is 10.6. The topological polar surface area (TPSA) is 50.9 Å². The molecule has 1 heterocycles. The van der Waals surface area contributed by atoms with Gasteiger partial charge in [-0.15, -0.1) is 10.2 Å². The Labute approximate surface area is 141 Å². The van der Waals surface area contributed by atoms with Crippen molar-refractivity contribution in [3.8, 4) is 0 Å². The number of halogens is 1. The van der Waals surface area contributed by atoms with E-state index in [4.69, 9.17) is 11.6 Å². The van der Waals surface area contributed by atoms with Crippen molar-refractivity contribution < 1.29 is 5.11 Å². The van der Waals surface area contributed by atoms with Gasteiger partial charge in [0, 0.05) is 10.6 Å². The van der Waals surface area contributed by atoms with Crippen molar-refractivity contribution in [2.45, 2.75) is 34.6 Å². The van der Waals surface area contributed by atoms with Crippen molar-refractivity contribution in [1.82, 2.24) is 15.0 Å². The predicted octanol–water partition coefficient (Wildman–Crippen LogP) is 5.38. The number of hydrogen-bond acceptors (Lipinski definition) is 3. The molecule has 2 rings (SSSR count). The molecule has 1 aromatic heterocycles. The van der Waals surface area contributed by atoms with Crippen molar-refractivity contribution >= 4 is 28.3 Å². The summed E-state index contributed by atoms with van der Waals surface area (Å²) in [6.45, 7) is 13.7. The summed E-state index contributed by atoms with van der Waals surface area (Å²) in [6.07, 6.45) is 1.89. The third-order valence-corrected chi connectivity index (χ3v) is 3.67. The molecule has 0 radical (unpaired) electrons. The van der Waals surface area contributed by atoms with Crippen molar-refractivity contribution in [2.24, 2.45) is 5.41 Å². The number of hydrogen-bond donors (Lipinski definition) is 1. The summed E-state index contributed by atoms with van der Waals surface area (Å²) in [5.41, 5.74) is 3.40. The highest BCUT2D eigenvalue weighted by molar-refractivity contribution is 6.31. The molecule has 0 fully saturated rings. The zero-order valence-electron chi connectivity index (χ0n) is 14.2. The molecule has 2 aromatic rings. The average Bonchev–Trinajstić information content (AvgIpc) is 2.84. The van der Waals surface area contributed by atoms with Gasteiger partial charge in [-0.3, -0.25) is 0 Å². The minimum absolute atomic E-state index is 0.159. The number of allylic oxidation sites excluding steroid dienone is 4. The second-order valence-electron chi connectivity index (χ2n) is 6.71. The largest absolute Gasteiger partial charge is 0.506 e. The molecule has 0 aliphatic carbocycles. The van der Waals surface area contributed by atoms with Crippen LogP contribution in [0.1, 0.15) is 34.6 Å². The lowest BCUT2D eigenvalue weighted by atomic mass is 9.83. The number of rotatable bonds is 3. The molecule has 1 N–H and O–H groups in total. The maximum Gasteiger partial charge on any atom is 0.142 e. The van der Waals surface area contributed by atoms with E-state index >= 15 is 0 Å². The lowest BCUT2D eigenvalue weighted by Gasteiger charge is -2.23. The molecule has 0 atom stereocenters. The van der Waals surface area contributed by atoms with E-state index in [0.717, 1.165) is 16.7 Å². The third-order valence-electron chi connectivity index (χ3n) is 3.44. The van der Waals surface area contributed by atoms with E-state index in [1.807, 2.05) is 33.8 Å². The Kier molecular flexibility index (Phi) is 4.66. The monoisotopic (exact) mass is 331 g/mol. The molecule has 0 aliphatic rings.